The maximum Gasteiger partial charge on any atom is 0.409 e. The van der Waals surface area contributed by atoms with E-state index in [0.29, 0.717) is 24.8 Å². The van der Waals surface area contributed by atoms with Crippen LogP contribution < -0.4 is 4.90 Å². The zero-order valence-corrected chi connectivity index (χ0v) is 15.5. The molecule has 3 heterocycles. The maximum absolute atomic E-state index is 11.6. The average Bonchev–Trinajstić information content (AvgIpc) is 3.24. The van der Waals surface area contributed by atoms with E-state index in [4.69, 9.17) is 14.0 Å². The Kier molecular flexibility index (Phi) is 5.24. The monoisotopic (exact) mass is 372 g/mol. The summed E-state index contributed by atoms with van der Waals surface area (Å²) in [4.78, 5) is 20.3. The van der Waals surface area contributed by atoms with Crippen LogP contribution in [0.3, 0.4) is 0 Å². The smallest absolute Gasteiger partial charge is 0.409 e. The van der Waals surface area contributed by atoms with Gasteiger partial charge in [-0.15, -0.1) is 0 Å². The van der Waals surface area contributed by atoms with Gasteiger partial charge in [0, 0.05) is 37.8 Å². The highest BCUT2D eigenvalue weighted by Gasteiger charge is 2.28. The largest absolute Gasteiger partial charge is 0.453 e. The molecule has 2 saturated heterocycles. The van der Waals surface area contributed by atoms with Crippen molar-refractivity contribution >= 4 is 11.8 Å². The number of para-hydroxylation sites is 1. The zero-order valence-electron chi connectivity index (χ0n) is 15.5. The van der Waals surface area contributed by atoms with Crippen LogP contribution in [0.1, 0.15) is 24.6 Å². The van der Waals surface area contributed by atoms with Crippen LogP contribution in [0.15, 0.2) is 28.8 Å². The van der Waals surface area contributed by atoms with Gasteiger partial charge in [0.2, 0.25) is 0 Å². The standard InChI is InChI=1S/C19H24N4O4/c1-25-19(24)23-8-6-14(7-9-23)17-20-18(27-21-17)15-4-2-3-5-16(15)22-10-12-26-13-11-22/h2-5,14H,6-13H2,1H3. The topological polar surface area (TPSA) is 80.9 Å². The number of methoxy groups -OCH3 is 1. The molecule has 2 aromatic rings. The van der Waals surface area contributed by atoms with Gasteiger partial charge < -0.3 is 23.8 Å². The molecule has 0 spiro atoms. The zero-order chi connectivity index (χ0) is 18.6. The molecule has 2 aliphatic heterocycles. The van der Waals surface area contributed by atoms with Crippen molar-refractivity contribution in [1.29, 1.82) is 0 Å². The summed E-state index contributed by atoms with van der Waals surface area (Å²) < 4.78 is 15.8. The summed E-state index contributed by atoms with van der Waals surface area (Å²) >= 11 is 0. The Labute approximate surface area is 158 Å². The fourth-order valence-corrected chi connectivity index (χ4v) is 3.69. The van der Waals surface area contributed by atoms with Gasteiger partial charge in [0.25, 0.3) is 5.89 Å². The number of morpholine rings is 1. The molecule has 0 aliphatic carbocycles. The van der Waals surface area contributed by atoms with Gasteiger partial charge in [-0.1, -0.05) is 17.3 Å². The van der Waals surface area contributed by atoms with Crippen LogP contribution in [-0.4, -0.2) is 67.6 Å². The first kappa shape index (κ1) is 17.8. The summed E-state index contributed by atoms with van der Waals surface area (Å²) in [6, 6.07) is 8.10. The van der Waals surface area contributed by atoms with Crippen molar-refractivity contribution in [1.82, 2.24) is 15.0 Å². The first-order valence-electron chi connectivity index (χ1n) is 9.35. The molecular formula is C19H24N4O4. The third kappa shape index (κ3) is 3.75. The van der Waals surface area contributed by atoms with Gasteiger partial charge in [-0.25, -0.2) is 4.79 Å². The lowest BCUT2D eigenvalue weighted by atomic mass is 9.96. The van der Waals surface area contributed by atoms with E-state index >= 15 is 0 Å². The van der Waals surface area contributed by atoms with Gasteiger partial charge in [-0.2, -0.15) is 4.98 Å². The minimum atomic E-state index is -0.276. The number of nitrogens with zero attached hydrogens (tertiary/aromatic N) is 4. The van der Waals surface area contributed by atoms with E-state index in [1.165, 1.54) is 7.11 Å². The van der Waals surface area contributed by atoms with Crippen molar-refractivity contribution in [3.63, 3.8) is 0 Å². The number of rotatable bonds is 3. The fourth-order valence-electron chi connectivity index (χ4n) is 3.69. The van der Waals surface area contributed by atoms with Crippen molar-refractivity contribution in [2.45, 2.75) is 18.8 Å². The van der Waals surface area contributed by atoms with Gasteiger partial charge in [0.15, 0.2) is 5.82 Å². The molecule has 2 aliphatic rings. The van der Waals surface area contributed by atoms with E-state index in [2.05, 4.69) is 21.1 Å². The number of hydrogen-bond donors (Lipinski definition) is 0. The number of carbonyl (C=O) groups is 1. The summed E-state index contributed by atoms with van der Waals surface area (Å²) in [6.45, 7) is 4.44. The highest BCUT2D eigenvalue weighted by Crippen LogP contribution is 2.33. The molecule has 1 aromatic carbocycles. The maximum atomic E-state index is 11.6. The van der Waals surface area contributed by atoms with Crippen molar-refractivity contribution in [2.24, 2.45) is 0 Å². The third-order valence-corrected chi connectivity index (χ3v) is 5.22. The molecule has 8 nitrogen and oxygen atoms in total. The molecule has 0 unspecified atom stereocenters. The fraction of sp³-hybridized carbons (Fsp3) is 0.526. The lowest BCUT2D eigenvalue weighted by Gasteiger charge is -2.30. The molecule has 27 heavy (non-hydrogen) atoms. The molecular weight excluding hydrogens is 348 g/mol. The van der Waals surface area contributed by atoms with Gasteiger partial charge in [-0.3, -0.25) is 0 Å². The Balaban J connectivity index is 1.50. The number of hydrogen-bond acceptors (Lipinski definition) is 7. The molecule has 0 atom stereocenters. The van der Waals surface area contributed by atoms with E-state index in [-0.39, 0.29) is 12.0 Å². The summed E-state index contributed by atoms with van der Waals surface area (Å²) in [5.74, 6) is 1.45. The molecule has 8 heteroatoms. The minimum Gasteiger partial charge on any atom is -0.453 e. The van der Waals surface area contributed by atoms with Gasteiger partial charge in [0.05, 0.1) is 25.9 Å². The summed E-state index contributed by atoms with van der Waals surface area (Å²) in [7, 11) is 1.41. The van der Waals surface area contributed by atoms with Crippen LogP contribution in [0.2, 0.25) is 0 Å². The lowest BCUT2D eigenvalue weighted by Crippen LogP contribution is -2.37. The Morgan fingerprint density at radius 3 is 2.63 bits per heavy atom. The van der Waals surface area contributed by atoms with E-state index in [9.17, 15) is 4.79 Å². The number of benzene rings is 1. The van der Waals surface area contributed by atoms with Crippen molar-refractivity contribution < 1.29 is 18.8 Å². The Morgan fingerprint density at radius 1 is 1.15 bits per heavy atom. The second-order valence-electron chi connectivity index (χ2n) is 6.81. The third-order valence-electron chi connectivity index (χ3n) is 5.22. The van der Waals surface area contributed by atoms with Gasteiger partial charge >= 0.3 is 6.09 Å². The molecule has 2 fully saturated rings. The summed E-state index contributed by atoms with van der Waals surface area (Å²) in [6.07, 6.45) is 1.33. The van der Waals surface area contributed by atoms with E-state index in [1.54, 1.807) is 4.90 Å². The molecule has 144 valence electrons. The summed E-state index contributed by atoms with van der Waals surface area (Å²) in [5.41, 5.74) is 2.04. The second-order valence-corrected chi connectivity index (χ2v) is 6.81. The molecule has 1 amide bonds. The van der Waals surface area contributed by atoms with Gasteiger partial charge in [-0.05, 0) is 25.0 Å². The normalized spacial score (nSPS) is 18.6. The number of likely N-dealkylation sites (tertiary alicyclic amines) is 1. The lowest BCUT2D eigenvalue weighted by molar-refractivity contribution is 0.111. The second kappa shape index (κ2) is 7.96. The average molecular weight is 372 g/mol. The summed E-state index contributed by atoms with van der Waals surface area (Å²) in [5, 5.41) is 4.23. The van der Waals surface area contributed by atoms with Crippen LogP contribution in [0.4, 0.5) is 10.5 Å². The minimum absolute atomic E-state index is 0.193. The number of aromatic nitrogens is 2. The number of carbonyl (C=O) groups excluding carboxylic acids is 1. The Morgan fingerprint density at radius 2 is 1.89 bits per heavy atom. The van der Waals surface area contributed by atoms with Gasteiger partial charge in [0.1, 0.15) is 0 Å². The van der Waals surface area contributed by atoms with E-state index < -0.39 is 0 Å². The predicted octanol–water partition coefficient (Wildman–Crippen LogP) is 2.52. The highest BCUT2D eigenvalue weighted by atomic mass is 16.5. The quantitative estimate of drug-likeness (QED) is 0.819. The van der Waals surface area contributed by atoms with Crippen molar-refractivity contribution in [2.75, 3.05) is 51.4 Å². The molecule has 4 rings (SSSR count). The predicted molar refractivity (Wildman–Crippen MR) is 98.7 cm³/mol. The molecule has 1 aromatic heterocycles. The van der Waals surface area contributed by atoms with Crippen LogP contribution in [-0.2, 0) is 9.47 Å². The molecule has 0 bridgehead atoms. The van der Waals surface area contributed by atoms with Crippen molar-refractivity contribution in [3.8, 4) is 11.5 Å². The molecule has 0 radical (unpaired) electrons. The van der Waals surface area contributed by atoms with Crippen LogP contribution in [0.25, 0.3) is 11.5 Å². The number of amides is 1. The first-order valence-corrected chi connectivity index (χ1v) is 9.35. The number of anilines is 1. The van der Waals surface area contributed by atoms with Crippen LogP contribution >= 0.6 is 0 Å². The molecule has 0 saturated carbocycles. The Hall–Kier alpha value is -2.61. The SMILES string of the molecule is COC(=O)N1CCC(c2noc(-c3ccccc3N3CCOCC3)n2)CC1. The van der Waals surface area contributed by atoms with Crippen LogP contribution in [0.5, 0.6) is 0 Å². The number of ether oxygens (including phenoxy) is 2. The Bertz CT molecular complexity index is 780. The van der Waals surface area contributed by atoms with E-state index in [0.717, 1.165) is 50.4 Å². The highest BCUT2D eigenvalue weighted by molar-refractivity contribution is 5.73. The first-order chi connectivity index (χ1) is 13.3. The molecule has 0 N–H and O–H groups in total. The number of piperidine rings is 1. The van der Waals surface area contributed by atoms with Crippen molar-refractivity contribution in [3.05, 3.63) is 30.1 Å². The van der Waals surface area contributed by atoms with E-state index in [1.807, 2.05) is 18.2 Å². The van der Waals surface area contributed by atoms with Crippen LogP contribution in [0, 0.1) is 0 Å².